The van der Waals surface area contributed by atoms with Gasteiger partial charge in [-0.1, -0.05) is 24.8 Å². The van der Waals surface area contributed by atoms with Crippen LogP contribution >= 0.6 is 27.7 Å². The Morgan fingerprint density at radius 3 is 2.82 bits per heavy atom. The quantitative estimate of drug-likeness (QED) is 0.588. The van der Waals surface area contributed by atoms with E-state index >= 15 is 0 Å². The van der Waals surface area contributed by atoms with Gasteiger partial charge in [-0.2, -0.15) is 0 Å². The molecule has 3 atom stereocenters. The van der Waals surface area contributed by atoms with Crippen LogP contribution in [-0.4, -0.2) is 40.6 Å². The van der Waals surface area contributed by atoms with Crippen molar-refractivity contribution < 1.29 is 9.47 Å². The maximum absolute atomic E-state index is 5.79. The Morgan fingerprint density at radius 1 is 1.29 bits per heavy atom. The molecule has 4 rings (SSSR count). The first kappa shape index (κ1) is 19.6. The van der Waals surface area contributed by atoms with Gasteiger partial charge in [0.05, 0.1) is 29.9 Å². The van der Waals surface area contributed by atoms with Crippen molar-refractivity contribution in [2.24, 2.45) is 4.99 Å². The fourth-order valence-corrected chi connectivity index (χ4v) is 5.82. The predicted molar refractivity (Wildman–Crippen MR) is 117 cm³/mol. The van der Waals surface area contributed by atoms with Crippen molar-refractivity contribution in [2.45, 2.75) is 38.4 Å². The molecule has 3 heterocycles. The minimum absolute atomic E-state index is 0.0346. The Labute approximate surface area is 178 Å². The minimum atomic E-state index is -0.0346. The molecule has 0 amide bonds. The molecule has 1 aromatic carbocycles. The smallest absolute Gasteiger partial charge is 0.175 e. The number of fused-ring (bicyclic) bond motifs is 1. The SMILES string of the molecule is CCOc1c(Br)cc([C@H]2[C@@H](c3ccccn3)N=C3SC[C@@H](CC)N32)cc1OC. The summed E-state index contributed by atoms with van der Waals surface area (Å²) >= 11 is 5.53. The van der Waals surface area contributed by atoms with Gasteiger partial charge in [0, 0.05) is 18.0 Å². The second-order valence-electron chi connectivity index (χ2n) is 6.80. The molecular weight excluding hydrogens is 438 g/mol. The molecule has 0 unspecified atom stereocenters. The number of aliphatic imine (C=N–C) groups is 1. The number of ether oxygens (including phenoxy) is 2. The van der Waals surface area contributed by atoms with Crippen LogP contribution in [0.3, 0.4) is 0 Å². The van der Waals surface area contributed by atoms with E-state index < -0.39 is 0 Å². The normalized spacial score (nSPS) is 23.5. The van der Waals surface area contributed by atoms with Crippen molar-refractivity contribution in [3.8, 4) is 11.5 Å². The highest BCUT2D eigenvalue weighted by Gasteiger charge is 2.45. The van der Waals surface area contributed by atoms with Crippen molar-refractivity contribution >= 4 is 32.9 Å². The highest BCUT2D eigenvalue weighted by Crippen LogP contribution is 2.50. The summed E-state index contributed by atoms with van der Waals surface area (Å²) in [7, 11) is 1.68. The monoisotopic (exact) mass is 461 g/mol. The summed E-state index contributed by atoms with van der Waals surface area (Å²) in [6.45, 7) is 4.80. The highest BCUT2D eigenvalue weighted by molar-refractivity contribution is 9.10. The Balaban J connectivity index is 1.81. The molecule has 1 aromatic heterocycles. The molecule has 1 saturated heterocycles. The van der Waals surface area contributed by atoms with Gasteiger partial charge in [0.25, 0.3) is 0 Å². The molecule has 0 spiro atoms. The summed E-state index contributed by atoms with van der Waals surface area (Å²) in [5, 5.41) is 1.12. The number of hydrogen-bond acceptors (Lipinski definition) is 6. The average molecular weight is 462 g/mol. The van der Waals surface area contributed by atoms with E-state index in [4.69, 9.17) is 14.5 Å². The Hall–Kier alpha value is -1.73. The number of halogens is 1. The first-order chi connectivity index (χ1) is 13.7. The van der Waals surface area contributed by atoms with E-state index in [1.807, 2.05) is 37.0 Å². The third-order valence-electron chi connectivity index (χ3n) is 5.21. The van der Waals surface area contributed by atoms with Gasteiger partial charge < -0.3 is 14.4 Å². The summed E-state index contributed by atoms with van der Waals surface area (Å²) in [5.41, 5.74) is 2.15. The molecule has 2 aliphatic heterocycles. The van der Waals surface area contributed by atoms with Crippen molar-refractivity contribution in [3.63, 3.8) is 0 Å². The molecule has 28 heavy (non-hydrogen) atoms. The number of thioether (sulfide) groups is 1. The molecule has 148 valence electrons. The Morgan fingerprint density at radius 2 is 2.14 bits per heavy atom. The van der Waals surface area contributed by atoms with E-state index in [9.17, 15) is 0 Å². The first-order valence-electron chi connectivity index (χ1n) is 9.58. The van der Waals surface area contributed by atoms with Crippen molar-refractivity contribution in [3.05, 3.63) is 52.3 Å². The van der Waals surface area contributed by atoms with Gasteiger partial charge in [-0.3, -0.25) is 9.98 Å². The molecule has 0 bridgehead atoms. The molecule has 0 radical (unpaired) electrons. The van der Waals surface area contributed by atoms with Crippen LogP contribution in [0.2, 0.25) is 0 Å². The zero-order chi connectivity index (χ0) is 19.7. The zero-order valence-corrected chi connectivity index (χ0v) is 18.7. The van der Waals surface area contributed by atoms with E-state index in [2.05, 4.69) is 50.9 Å². The summed E-state index contributed by atoms with van der Waals surface area (Å²) in [5.74, 6) is 2.56. The number of nitrogens with zero attached hydrogens (tertiary/aromatic N) is 3. The number of methoxy groups -OCH3 is 1. The predicted octanol–water partition coefficient (Wildman–Crippen LogP) is 5.23. The zero-order valence-electron chi connectivity index (χ0n) is 16.3. The van der Waals surface area contributed by atoms with Crippen LogP contribution in [0.25, 0.3) is 0 Å². The van der Waals surface area contributed by atoms with Crippen LogP contribution in [0.1, 0.15) is 43.6 Å². The molecule has 7 heteroatoms. The van der Waals surface area contributed by atoms with Gasteiger partial charge in [-0.25, -0.2) is 0 Å². The minimum Gasteiger partial charge on any atom is -0.493 e. The van der Waals surface area contributed by atoms with Crippen LogP contribution in [-0.2, 0) is 0 Å². The summed E-state index contributed by atoms with van der Waals surface area (Å²) in [6.07, 6.45) is 2.93. The molecule has 0 aliphatic carbocycles. The average Bonchev–Trinajstić information content (AvgIpc) is 3.29. The number of hydrogen-bond donors (Lipinski definition) is 0. The number of rotatable bonds is 6. The molecule has 5 nitrogen and oxygen atoms in total. The number of aromatic nitrogens is 1. The molecular formula is C21H24BrN3O2S. The lowest BCUT2D eigenvalue weighted by Gasteiger charge is -2.32. The molecule has 2 aromatic rings. The lowest BCUT2D eigenvalue weighted by atomic mass is 9.95. The fourth-order valence-electron chi connectivity index (χ4n) is 3.90. The van der Waals surface area contributed by atoms with Crippen molar-refractivity contribution in [2.75, 3.05) is 19.5 Å². The lowest BCUT2D eigenvalue weighted by Crippen LogP contribution is -2.35. The van der Waals surface area contributed by atoms with Crippen LogP contribution in [0, 0.1) is 0 Å². The maximum Gasteiger partial charge on any atom is 0.175 e. The number of pyridine rings is 1. The summed E-state index contributed by atoms with van der Waals surface area (Å²) < 4.78 is 12.3. The third kappa shape index (κ3) is 3.39. The number of benzene rings is 1. The Kier molecular flexibility index (Phi) is 5.83. The van der Waals surface area contributed by atoms with E-state index in [0.717, 1.165) is 44.6 Å². The van der Waals surface area contributed by atoms with Crippen LogP contribution in [0.5, 0.6) is 11.5 Å². The van der Waals surface area contributed by atoms with Gasteiger partial charge in [0.1, 0.15) is 6.04 Å². The number of amidine groups is 1. The largest absolute Gasteiger partial charge is 0.493 e. The van der Waals surface area contributed by atoms with Gasteiger partial charge in [-0.05, 0) is 59.1 Å². The van der Waals surface area contributed by atoms with E-state index in [-0.39, 0.29) is 12.1 Å². The van der Waals surface area contributed by atoms with Gasteiger partial charge in [-0.15, -0.1) is 0 Å². The van der Waals surface area contributed by atoms with E-state index in [0.29, 0.717) is 12.6 Å². The first-order valence-corrected chi connectivity index (χ1v) is 11.4. The topological polar surface area (TPSA) is 47.0 Å². The van der Waals surface area contributed by atoms with Gasteiger partial charge >= 0.3 is 0 Å². The molecule has 1 fully saturated rings. The maximum atomic E-state index is 5.79. The van der Waals surface area contributed by atoms with Crippen molar-refractivity contribution in [1.82, 2.24) is 9.88 Å². The third-order valence-corrected chi connectivity index (χ3v) is 6.93. The summed E-state index contributed by atoms with van der Waals surface area (Å²) in [6, 6.07) is 10.8. The van der Waals surface area contributed by atoms with Crippen LogP contribution < -0.4 is 9.47 Å². The second-order valence-corrected chi connectivity index (χ2v) is 8.64. The van der Waals surface area contributed by atoms with E-state index in [1.165, 1.54) is 0 Å². The summed E-state index contributed by atoms with van der Waals surface area (Å²) in [4.78, 5) is 12.2. The molecule has 2 aliphatic rings. The lowest BCUT2D eigenvalue weighted by molar-refractivity contribution is 0.253. The van der Waals surface area contributed by atoms with Gasteiger partial charge in [0.2, 0.25) is 0 Å². The standard InChI is InChI=1S/C21H24BrN3O2S/c1-4-14-12-28-21-24-18(16-8-6-7-9-23-16)19(25(14)21)13-10-15(22)20(27-5-2)17(11-13)26-3/h6-11,14,18-19H,4-5,12H2,1-3H3/t14-,18-,19+/m1/s1. The van der Waals surface area contributed by atoms with E-state index in [1.54, 1.807) is 7.11 Å². The van der Waals surface area contributed by atoms with Crippen LogP contribution in [0.4, 0.5) is 0 Å². The Bertz CT molecular complexity index is 877. The highest BCUT2D eigenvalue weighted by atomic mass is 79.9. The molecule has 0 N–H and O–H groups in total. The van der Waals surface area contributed by atoms with Gasteiger partial charge in [0.15, 0.2) is 16.7 Å². The molecule has 0 saturated carbocycles. The van der Waals surface area contributed by atoms with Crippen molar-refractivity contribution in [1.29, 1.82) is 0 Å². The fraction of sp³-hybridized carbons (Fsp3) is 0.429. The second kappa shape index (κ2) is 8.33. The van der Waals surface area contributed by atoms with Crippen LogP contribution in [0.15, 0.2) is 46.0 Å².